The maximum Gasteiger partial charge on any atom is 0.268 e. The Hall–Kier alpha value is -10.1. The summed E-state index contributed by atoms with van der Waals surface area (Å²) in [6.45, 7) is 6.69. The summed E-state index contributed by atoms with van der Waals surface area (Å²) in [5, 5.41) is 6.77. The molecule has 11 aromatic carbocycles. The van der Waals surface area contributed by atoms with Gasteiger partial charge in [-0.1, -0.05) is 172 Å². The number of imidazole rings is 1. The third-order valence-electron chi connectivity index (χ3n) is 16.9. The summed E-state index contributed by atoms with van der Waals surface area (Å²) >= 11 is 0. The molecule has 0 bridgehead atoms. The third kappa shape index (κ3) is 7.62. The molecule has 0 saturated carbocycles. The predicted octanol–water partition coefficient (Wildman–Crippen LogP) is 18.9. The third-order valence-corrected chi connectivity index (χ3v) is 16.9. The second-order valence-electron chi connectivity index (χ2n) is 22.7. The van der Waals surface area contributed by atoms with Gasteiger partial charge in [-0.2, -0.15) is 18.2 Å². The largest absolute Gasteiger partial charge is 0.510 e. The molecule has 0 radical (unpaired) electrons. The van der Waals surface area contributed by atoms with Crippen LogP contribution in [-0.2, 0) is 26.5 Å². The molecule has 402 valence electrons. The van der Waals surface area contributed by atoms with E-state index in [1.807, 2.05) is 36.5 Å². The van der Waals surface area contributed by atoms with Crippen molar-refractivity contribution in [3.63, 3.8) is 0 Å². The van der Waals surface area contributed by atoms with Crippen LogP contribution in [0.2, 0.25) is 0 Å². The van der Waals surface area contributed by atoms with Crippen molar-refractivity contribution in [2.45, 2.75) is 26.2 Å². The molecule has 7 nitrogen and oxygen atoms in total. The first kappa shape index (κ1) is 49.7. The fraction of sp³-hybridized carbons (Fsp3) is 0.0526. The summed E-state index contributed by atoms with van der Waals surface area (Å²) in [6, 6.07) is 91.9. The fourth-order valence-corrected chi connectivity index (χ4v) is 13.0. The van der Waals surface area contributed by atoms with Gasteiger partial charge >= 0.3 is 0 Å². The van der Waals surface area contributed by atoms with E-state index in [1.165, 1.54) is 16.3 Å². The molecule has 0 aliphatic carbocycles. The average Bonchev–Trinajstić information content (AvgIpc) is 2.02. The number of aromatic nitrogens is 5. The molecule has 1 aliphatic rings. The van der Waals surface area contributed by atoms with E-state index in [0.29, 0.717) is 11.5 Å². The number of nitrogens with zero attached hydrogens (tertiary/aromatic N) is 5. The second-order valence-corrected chi connectivity index (χ2v) is 22.7. The van der Waals surface area contributed by atoms with E-state index in [2.05, 4.69) is 264 Å². The average molecular weight is 1260 g/mol. The van der Waals surface area contributed by atoms with Gasteiger partial charge in [-0.25, -0.2) is 4.98 Å². The van der Waals surface area contributed by atoms with Gasteiger partial charge in [-0.05, 0) is 127 Å². The number of benzene rings is 11. The van der Waals surface area contributed by atoms with E-state index >= 15 is 0 Å². The van der Waals surface area contributed by atoms with Crippen LogP contribution in [0.1, 0.15) is 26.3 Å². The molecule has 1 aliphatic heterocycles. The van der Waals surface area contributed by atoms with Crippen LogP contribution in [0, 0.1) is 18.5 Å². The van der Waals surface area contributed by atoms with Crippen molar-refractivity contribution in [2.24, 2.45) is 0 Å². The van der Waals surface area contributed by atoms with Gasteiger partial charge in [-0.3, -0.25) is 4.57 Å². The first-order chi connectivity index (χ1) is 40.8. The zero-order valence-electron chi connectivity index (χ0n) is 46.0. The number of rotatable bonds is 6. The predicted molar refractivity (Wildman–Crippen MR) is 336 cm³/mol. The SMILES string of the molecule is CC(C)(C)c1ccnc(-n2c3[c-]c(Oc4[c-]c(-n5[c-][n+]6c7c(cccc75)-c5ccccc5-c5ccc(-n7c8ccccc8c8ccccc87)cc5-c5cccc(-c7ccc8oc9ccccc9c8c7)c5-6)ccc4)ccc3c3ccccc32)c1.[Pt]. The Bertz CT molecular complexity index is 5330. The van der Waals surface area contributed by atoms with Crippen LogP contribution in [0.4, 0.5) is 0 Å². The van der Waals surface area contributed by atoms with E-state index in [9.17, 15) is 0 Å². The van der Waals surface area contributed by atoms with Gasteiger partial charge in [0.25, 0.3) is 6.33 Å². The quantitative estimate of drug-likeness (QED) is 0.123. The summed E-state index contributed by atoms with van der Waals surface area (Å²) in [5.74, 6) is 1.95. The Kier molecular flexibility index (Phi) is 11.2. The standard InChI is InChI=1S/C76H49N5O2.Pt/c1-76(2,3)48-39-40-77-73(42-48)81-68-30-12-8-23-59(68)60-37-35-52(45-70(60)81)82-51-18-14-17-49(43-51)78-46-79-74-53(47-33-38-72-65(41-47)61-24-9-13-32-71(61)83-72)25-15-26-63(74)64-44-50(80-66-28-10-6-21-57(66)58-22-7-11-29-67(58)80)34-36-56(64)54-19-4-5-20-55(54)62-27-16-31-69(78)75(62)79;/h4-42,44H,1-3H3;/q-2;. The van der Waals surface area contributed by atoms with Gasteiger partial charge in [0, 0.05) is 71.5 Å². The van der Waals surface area contributed by atoms with E-state index in [4.69, 9.17) is 14.1 Å². The number of ether oxygens (including phenoxy) is 1. The van der Waals surface area contributed by atoms with Gasteiger partial charge in [0.1, 0.15) is 17.0 Å². The maximum atomic E-state index is 6.84. The molecule has 0 spiro atoms. The van der Waals surface area contributed by atoms with Crippen LogP contribution < -0.4 is 9.30 Å². The van der Waals surface area contributed by atoms with Crippen LogP contribution in [0.25, 0.3) is 144 Å². The Labute approximate surface area is 498 Å². The molecule has 0 unspecified atom stereocenters. The monoisotopic (exact) mass is 1260 g/mol. The fourth-order valence-electron chi connectivity index (χ4n) is 13.0. The number of pyridine rings is 1. The molecule has 5 aromatic heterocycles. The van der Waals surface area contributed by atoms with Gasteiger partial charge in [-0.15, -0.1) is 29.7 Å². The number of fused-ring (bicyclic) bond motifs is 16. The van der Waals surface area contributed by atoms with Crippen LogP contribution in [-0.4, -0.2) is 18.7 Å². The smallest absolute Gasteiger partial charge is 0.268 e. The topological polar surface area (TPSA) is 53.9 Å². The molecule has 0 atom stereocenters. The Morgan fingerprint density at radius 1 is 0.452 bits per heavy atom. The second kappa shape index (κ2) is 19.0. The molecule has 0 saturated heterocycles. The summed E-state index contributed by atoms with van der Waals surface area (Å²) in [6.07, 6.45) is 5.90. The van der Waals surface area contributed by atoms with Gasteiger partial charge in [0.2, 0.25) is 0 Å². The molecule has 17 rings (SSSR count). The number of hydrogen-bond donors (Lipinski definition) is 0. The molecule has 0 fully saturated rings. The van der Waals surface area contributed by atoms with Crippen LogP contribution in [0.3, 0.4) is 0 Å². The summed E-state index contributed by atoms with van der Waals surface area (Å²) < 4.78 is 22.3. The van der Waals surface area contributed by atoms with Gasteiger partial charge in [0.05, 0.1) is 27.8 Å². The molecule has 16 aromatic rings. The zero-order valence-corrected chi connectivity index (χ0v) is 48.2. The number of para-hydroxylation sites is 6. The minimum absolute atomic E-state index is 0. The Balaban J connectivity index is 0.00000577. The van der Waals surface area contributed by atoms with Crippen LogP contribution in [0.5, 0.6) is 11.5 Å². The van der Waals surface area contributed by atoms with Crippen LogP contribution in [0.15, 0.2) is 247 Å². The zero-order chi connectivity index (χ0) is 55.1. The molecular formula is C76H49N5O2Pt-2. The van der Waals surface area contributed by atoms with E-state index in [-0.39, 0.29) is 26.5 Å². The normalized spacial score (nSPS) is 12.1. The van der Waals surface area contributed by atoms with Crippen molar-refractivity contribution in [3.05, 3.63) is 267 Å². The van der Waals surface area contributed by atoms with Crippen molar-refractivity contribution in [2.75, 3.05) is 0 Å². The van der Waals surface area contributed by atoms with Crippen molar-refractivity contribution in [1.29, 1.82) is 0 Å². The number of hydrogen-bond acceptors (Lipinski definition) is 3. The number of furan rings is 1. The van der Waals surface area contributed by atoms with E-state index in [1.54, 1.807) is 0 Å². The minimum atomic E-state index is -0.0553. The summed E-state index contributed by atoms with van der Waals surface area (Å²) in [5.41, 5.74) is 20.7. The van der Waals surface area contributed by atoms with Crippen LogP contribution >= 0.6 is 0 Å². The van der Waals surface area contributed by atoms with Gasteiger partial charge in [0.15, 0.2) is 0 Å². The van der Waals surface area contributed by atoms with Crippen molar-refractivity contribution in [3.8, 4) is 78.9 Å². The maximum absolute atomic E-state index is 6.84. The molecular weight excluding hydrogens is 1210 g/mol. The van der Waals surface area contributed by atoms with Crippen molar-refractivity contribution < 1.29 is 34.8 Å². The van der Waals surface area contributed by atoms with Crippen molar-refractivity contribution >= 4 is 76.6 Å². The minimum Gasteiger partial charge on any atom is -0.510 e. The Morgan fingerprint density at radius 3 is 1.85 bits per heavy atom. The molecule has 0 amide bonds. The first-order valence-electron chi connectivity index (χ1n) is 28.2. The first-order valence-corrected chi connectivity index (χ1v) is 28.2. The molecule has 6 heterocycles. The summed E-state index contributed by atoms with van der Waals surface area (Å²) in [4.78, 5) is 4.91. The van der Waals surface area contributed by atoms with Crippen molar-refractivity contribution in [1.82, 2.24) is 18.7 Å². The Morgan fingerprint density at radius 2 is 1.06 bits per heavy atom. The molecule has 84 heavy (non-hydrogen) atoms. The van der Waals surface area contributed by atoms with E-state index < -0.39 is 0 Å². The van der Waals surface area contributed by atoms with E-state index in [0.717, 1.165) is 133 Å². The summed E-state index contributed by atoms with van der Waals surface area (Å²) in [7, 11) is 0. The molecule has 8 heteroatoms. The van der Waals surface area contributed by atoms with Gasteiger partial charge < -0.3 is 22.9 Å². The molecule has 0 N–H and O–H groups in total.